The second-order valence-corrected chi connectivity index (χ2v) is 7.11. The Kier molecular flexibility index (Phi) is 4.51. The van der Waals surface area contributed by atoms with Gasteiger partial charge in [0.15, 0.2) is 5.75 Å². The topological polar surface area (TPSA) is 83.8 Å². The fraction of sp³-hybridized carbons (Fsp3) is 0.474. The van der Waals surface area contributed by atoms with E-state index in [1.807, 2.05) is 4.57 Å². The highest BCUT2D eigenvalue weighted by Gasteiger charge is 2.29. The molecule has 2 aliphatic rings. The summed E-state index contributed by atoms with van der Waals surface area (Å²) in [5.74, 6) is -0.766. The molecule has 1 atom stereocenters. The number of rotatable bonds is 4. The summed E-state index contributed by atoms with van der Waals surface area (Å²) in [5.41, 5.74) is 0.490. The van der Waals surface area contributed by atoms with Crippen LogP contribution in [0, 0.1) is 5.82 Å². The summed E-state index contributed by atoms with van der Waals surface area (Å²) in [7, 11) is 0. The Morgan fingerprint density at radius 1 is 1.41 bits per heavy atom. The molecule has 0 bridgehead atoms. The lowest BCUT2D eigenvalue weighted by Crippen LogP contribution is -2.51. The lowest BCUT2D eigenvalue weighted by Gasteiger charge is -2.38. The molecule has 1 aliphatic carbocycles. The van der Waals surface area contributed by atoms with Gasteiger partial charge in [-0.15, -0.1) is 0 Å². The number of halogens is 1. The van der Waals surface area contributed by atoms with Gasteiger partial charge in [-0.1, -0.05) is 6.92 Å². The first-order valence-electron chi connectivity index (χ1n) is 9.26. The van der Waals surface area contributed by atoms with E-state index in [1.165, 1.54) is 12.3 Å². The minimum absolute atomic E-state index is 0.144. The lowest BCUT2D eigenvalue weighted by atomic mass is 10.1. The maximum Gasteiger partial charge on any atom is 0.511 e. The average Bonchev–Trinajstić information content (AvgIpc) is 3.48. The predicted molar refractivity (Wildman–Crippen MR) is 99.4 cm³/mol. The van der Waals surface area contributed by atoms with E-state index in [-0.39, 0.29) is 23.2 Å². The van der Waals surface area contributed by atoms with Crippen LogP contribution in [0.2, 0.25) is 0 Å². The molecule has 1 saturated heterocycles. The third kappa shape index (κ3) is 3.25. The summed E-state index contributed by atoms with van der Waals surface area (Å²) in [6.07, 6.45) is 2.63. The number of ether oxygens (including phenoxy) is 1. The number of nitrogens with zero attached hydrogens (tertiary/aromatic N) is 2. The number of aromatic nitrogens is 1. The molecule has 2 fully saturated rings. The van der Waals surface area contributed by atoms with Crippen LogP contribution in [0.3, 0.4) is 0 Å². The van der Waals surface area contributed by atoms with Crippen LogP contribution in [-0.4, -0.2) is 41.5 Å². The van der Waals surface area contributed by atoms with Gasteiger partial charge in [-0.3, -0.25) is 4.79 Å². The van der Waals surface area contributed by atoms with Crippen molar-refractivity contribution >= 4 is 22.7 Å². The van der Waals surface area contributed by atoms with Crippen molar-refractivity contribution in [3.63, 3.8) is 0 Å². The van der Waals surface area contributed by atoms with E-state index in [1.54, 1.807) is 6.07 Å². The molecule has 7 nitrogen and oxygen atoms in total. The van der Waals surface area contributed by atoms with E-state index in [0.29, 0.717) is 17.7 Å². The molecule has 1 aromatic heterocycles. The molecule has 1 saturated carbocycles. The van der Waals surface area contributed by atoms with Crippen molar-refractivity contribution in [3.8, 4) is 5.75 Å². The fourth-order valence-electron chi connectivity index (χ4n) is 3.82. The molecule has 1 unspecified atom stereocenters. The molecule has 2 aromatic rings. The molecular formula is C19H22FN3O4. The molecule has 8 heteroatoms. The van der Waals surface area contributed by atoms with Gasteiger partial charge >= 0.3 is 6.16 Å². The summed E-state index contributed by atoms with van der Waals surface area (Å²) in [5, 5.41) is 12.3. The monoisotopic (exact) mass is 375 g/mol. The molecule has 2 heterocycles. The fourth-order valence-corrected chi connectivity index (χ4v) is 3.82. The van der Waals surface area contributed by atoms with Crippen molar-refractivity contribution in [2.45, 2.75) is 38.3 Å². The van der Waals surface area contributed by atoms with Gasteiger partial charge in [0, 0.05) is 31.7 Å². The summed E-state index contributed by atoms with van der Waals surface area (Å²) in [6.45, 7) is 4.32. The Morgan fingerprint density at radius 2 is 2.19 bits per heavy atom. The van der Waals surface area contributed by atoms with E-state index in [2.05, 4.69) is 21.9 Å². The van der Waals surface area contributed by atoms with Crippen LogP contribution >= 0.6 is 0 Å². The number of fused-ring (bicyclic) bond motifs is 1. The summed E-state index contributed by atoms with van der Waals surface area (Å²) >= 11 is 0. The summed E-state index contributed by atoms with van der Waals surface area (Å²) < 4.78 is 21.5. The first-order chi connectivity index (χ1) is 13.0. The van der Waals surface area contributed by atoms with Gasteiger partial charge in [0.05, 0.1) is 22.8 Å². The van der Waals surface area contributed by atoms with Crippen molar-refractivity contribution in [1.29, 1.82) is 0 Å². The van der Waals surface area contributed by atoms with Crippen molar-refractivity contribution in [3.05, 3.63) is 34.4 Å². The number of hydrogen-bond acceptors (Lipinski definition) is 5. The molecule has 144 valence electrons. The van der Waals surface area contributed by atoms with Gasteiger partial charge in [-0.25, -0.2) is 9.18 Å². The Balaban J connectivity index is 1.89. The Labute approximate surface area is 155 Å². The molecular weight excluding hydrogens is 353 g/mol. The molecule has 1 aliphatic heterocycles. The zero-order valence-electron chi connectivity index (χ0n) is 15.1. The van der Waals surface area contributed by atoms with E-state index in [9.17, 15) is 14.0 Å². The van der Waals surface area contributed by atoms with Gasteiger partial charge in [-0.2, -0.15) is 0 Å². The minimum atomic E-state index is -1.56. The Morgan fingerprint density at radius 3 is 2.85 bits per heavy atom. The third-order valence-electron chi connectivity index (χ3n) is 5.34. The molecule has 0 radical (unpaired) electrons. The quantitative estimate of drug-likeness (QED) is 0.800. The second kappa shape index (κ2) is 6.84. The third-order valence-corrected chi connectivity index (χ3v) is 5.34. The van der Waals surface area contributed by atoms with E-state index in [0.717, 1.165) is 32.4 Å². The van der Waals surface area contributed by atoms with Crippen molar-refractivity contribution in [2.24, 2.45) is 0 Å². The van der Waals surface area contributed by atoms with Crippen LogP contribution in [0.25, 0.3) is 10.9 Å². The Hall–Kier alpha value is -2.61. The first-order valence-corrected chi connectivity index (χ1v) is 9.26. The smallest absolute Gasteiger partial charge is 0.449 e. The largest absolute Gasteiger partial charge is 0.511 e. The summed E-state index contributed by atoms with van der Waals surface area (Å²) in [6, 6.07) is 3.30. The van der Waals surface area contributed by atoms with Crippen molar-refractivity contribution in [1.82, 2.24) is 9.88 Å². The molecule has 2 N–H and O–H groups in total. The van der Waals surface area contributed by atoms with Gasteiger partial charge in [0.2, 0.25) is 5.43 Å². The van der Waals surface area contributed by atoms with Gasteiger partial charge in [-0.05, 0) is 31.4 Å². The number of piperazine rings is 1. The van der Waals surface area contributed by atoms with Crippen LogP contribution < -0.4 is 20.4 Å². The highest BCUT2D eigenvalue weighted by Crippen LogP contribution is 2.39. The van der Waals surface area contributed by atoms with Crippen molar-refractivity contribution < 1.29 is 19.0 Å². The maximum absolute atomic E-state index is 15.0. The van der Waals surface area contributed by atoms with Crippen LogP contribution in [0.1, 0.15) is 32.2 Å². The highest BCUT2D eigenvalue weighted by molar-refractivity contribution is 5.85. The lowest BCUT2D eigenvalue weighted by molar-refractivity contribution is 0.143. The number of carboxylic acid groups (broad SMARTS) is 1. The van der Waals surface area contributed by atoms with Crippen LogP contribution in [0.4, 0.5) is 14.9 Å². The normalized spacial score (nSPS) is 20.1. The zero-order chi connectivity index (χ0) is 19.1. The van der Waals surface area contributed by atoms with E-state index >= 15 is 0 Å². The van der Waals surface area contributed by atoms with Gasteiger partial charge < -0.3 is 24.6 Å². The molecule has 1 aromatic carbocycles. The van der Waals surface area contributed by atoms with Crippen molar-refractivity contribution in [2.75, 3.05) is 24.5 Å². The van der Waals surface area contributed by atoms with Crippen LogP contribution in [0.5, 0.6) is 5.75 Å². The molecule has 0 spiro atoms. The molecule has 4 rings (SSSR count). The average molecular weight is 375 g/mol. The first kappa shape index (κ1) is 17.8. The van der Waals surface area contributed by atoms with E-state index < -0.39 is 17.4 Å². The maximum atomic E-state index is 15.0. The number of nitrogens with one attached hydrogen (secondary N) is 1. The van der Waals surface area contributed by atoms with Gasteiger partial charge in [0.1, 0.15) is 5.82 Å². The SMILES string of the molecule is CCC1CNCCN1c1cc2c(cc1F)c(=O)c(OC(=O)O)cn2C1CC1. The van der Waals surface area contributed by atoms with E-state index in [4.69, 9.17) is 5.11 Å². The van der Waals surface area contributed by atoms with Crippen LogP contribution in [-0.2, 0) is 0 Å². The standard InChI is InChI=1S/C19H22FN3O4/c1-2-11-9-21-5-6-22(11)16-8-15-13(7-14(16)20)18(24)17(27-19(25)26)10-23(15)12-3-4-12/h7-8,10-12,21H,2-6,9H2,1H3,(H,25,26). The minimum Gasteiger partial charge on any atom is -0.449 e. The van der Waals surface area contributed by atoms with Crippen LogP contribution in [0.15, 0.2) is 23.1 Å². The number of anilines is 1. The number of pyridine rings is 1. The molecule has 27 heavy (non-hydrogen) atoms. The highest BCUT2D eigenvalue weighted by atomic mass is 19.1. The number of hydrogen-bond donors (Lipinski definition) is 2. The second-order valence-electron chi connectivity index (χ2n) is 7.11. The van der Waals surface area contributed by atoms with Gasteiger partial charge in [0.25, 0.3) is 0 Å². The molecule has 0 amide bonds. The number of benzene rings is 1. The number of carbonyl (C=O) groups is 1. The zero-order valence-corrected chi connectivity index (χ0v) is 15.1. The summed E-state index contributed by atoms with van der Waals surface area (Å²) in [4.78, 5) is 25.6. The predicted octanol–water partition coefficient (Wildman–Crippen LogP) is 2.72. The Bertz CT molecular complexity index is 954.